The number of nitrogens with one attached hydrogen (secondary N) is 1. The summed E-state index contributed by atoms with van der Waals surface area (Å²) in [7, 11) is 0. The Morgan fingerprint density at radius 3 is 2.82 bits per heavy atom. The maximum Gasteiger partial charge on any atom is 0.387 e. The molecule has 12 heteroatoms. The van der Waals surface area contributed by atoms with Crippen molar-refractivity contribution in [2.75, 3.05) is 5.32 Å². The first-order valence-corrected chi connectivity index (χ1v) is 10.2. The fraction of sp³-hybridized carbons (Fsp3) is 0.143. The molecule has 2 heterocycles. The van der Waals surface area contributed by atoms with Crippen molar-refractivity contribution in [2.24, 2.45) is 0 Å². The quantitative estimate of drug-likeness (QED) is 0.263. The highest BCUT2D eigenvalue weighted by atomic mass is 32.1. The Balaban J connectivity index is 1.41. The molecule has 0 radical (unpaired) electrons. The van der Waals surface area contributed by atoms with Crippen LogP contribution in [-0.2, 0) is 6.61 Å². The number of aromatic nitrogens is 1. The van der Waals surface area contributed by atoms with Crippen LogP contribution in [0.4, 0.5) is 19.6 Å². The average molecular weight is 475 g/mol. The Bertz CT molecular complexity index is 1340. The van der Waals surface area contributed by atoms with E-state index in [4.69, 9.17) is 9.15 Å². The summed E-state index contributed by atoms with van der Waals surface area (Å²) in [6.45, 7) is -1.33. The fourth-order valence-electron chi connectivity index (χ4n) is 2.91. The number of anilines is 1. The van der Waals surface area contributed by atoms with E-state index in [9.17, 15) is 23.7 Å². The Kier molecular flexibility index (Phi) is 6.18. The van der Waals surface area contributed by atoms with Gasteiger partial charge in [-0.1, -0.05) is 17.4 Å². The van der Waals surface area contributed by atoms with Gasteiger partial charge in [0.15, 0.2) is 16.6 Å². The summed E-state index contributed by atoms with van der Waals surface area (Å²) < 4.78 is 40.6. The van der Waals surface area contributed by atoms with Crippen molar-refractivity contribution in [3.63, 3.8) is 0 Å². The van der Waals surface area contributed by atoms with Crippen LogP contribution in [0.2, 0.25) is 0 Å². The third kappa shape index (κ3) is 5.23. The molecule has 0 saturated carbocycles. The lowest BCUT2D eigenvalue weighted by Crippen LogP contribution is -2.10. The van der Waals surface area contributed by atoms with Gasteiger partial charge in [-0.2, -0.15) is 8.78 Å². The number of furan rings is 1. The Morgan fingerprint density at radius 1 is 1.24 bits per heavy atom. The molecular weight excluding hydrogens is 460 g/mol. The molecular formula is C21H15F2N3O6S. The molecule has 0 aliphatic carbocycles. The van der Waals surface area contributed by atoms with Crippen molar-refractivity contribution in [1.29, 1.82) is 0 Å². The first kappa shape index (κ1) is 22.1. The van der Waals surface area contributed by atoms with E-state index >= 15 is 0 Å². The number of benzene rings is 2. The van der Waals surface area contributed by atoms with Gasteiger partial charge in [0.05, 0.1) is 15.1 Å². The highest BCUT2D eigenvalue weighted by Gasteiger charge is 2.18. The first-order chi connectivity index (χ1) is 15.8. The lowest BCUT2D eigenvalue weighted by Gasteiger charge is -2.05. The van der Waals surface area contributed by atoms with Gasteiger partial charge < -0.3 is 13.9 Å². The summed E-state index contributed by atoms with van der Waals surface area (Å²) in [4.78, 5) is 27.4. The largest absolute Gasteiger partial charge is 0.479 e. The van der Waals surface area contributed by atoms with Crippen molar-refractivity contribution >= 4 is 38.3 Å². The summed E-state index contributed by atoms with van der Waals surface area (Å²) in [6, 6.07) is 11.8. The van der Waals surface area contributed by atoms with Crippen LogP contribution in [0.25, 0.3) is 10.2 Å². The molecule has 1 amide bonds. The van der Waals surface area contributed by atoms with E-state index in [2.05, 4.69) is 15.0 Å². The van der Waals surface area contributed by atoms with E-state index in [1.165, 1.54) is 42.5 Å². The third-order valence-electron chi connectivity index (χ3n) is 4.37. The number of aryl methyl sites for hydroxylation is 1. The zero-order valence-electron chi connectivity index (χ0n) is 16.9. The van der Waals surface area contributed by atoms with Gasteiger partial charge in [-0.3, -0.25) is 20.2 Å². The standard InChI is InChI=1S/C21H15F2N3O6S/c1-11-2-6-16(15(8-11)26(28)29)30-10-13-4-7-17(31-13)19(27)25-21-24-14-5-3-12(32-20(22)23)9-18(14)33-21/h2-9,20H,10H2,1H3,(H,24,25,27). The second-order valence-corrected chi connectivity index (χ2v) is 7.79. The van der Waals surface area contributed by atoms with E-state index in [1.807, 2.05) is 0 Å². The minimum atomic E-state index is -2.94. The number of alkyl halides is 2. The molecule has 0 fully saturated rings. The Morgan fingerprint density at radius 2 is 2.06 bits per heavy atom. The van der Waals surface area contributed by atoms with E-state index in [1.54, 1.807) is 13.0 Å². The number of fused-ring (bicyclic) bond motifs is 1. The third-order valence-corrected chi connectivity index (χ3v) is 5.31. The van der Waals surface area contributed by atoms with Crippen LogP contribution in [0.3, 0.4) is 0 Å². The lowest BCUT2D eigenvalue weighted by atomic mass is 10.2. The highest BCUT2D eigenvalue weighted by molar-refractivity contribution is 7.22. The number of rotatable bonds is 8. The number of halogens is 2. The number of nitro benzene ring substituents is 1. The van der Waals surface area contributed by atoms with Crippen LogP contribution in [-0.4, -0.2) is 22.4 Å². The van der Waals surface area contributed by atoms with Crippen LogP contribution in [0, 0.1) is 17.0 Å². The molecule has 1 N–H and O–H groups in total. The van der Waals surface area contributed by atoms with Gasteiger partial charge in [-0.25, -0.2) is 4.98 Å². The van der Waals surface area contributed by atoms with Crippen molar-refractivity contribution in [1.82, 2.24) is 4.98 Å². The monoisotopic (exact) mass is 475 g/mol. The summed E-state index contributed by atoms with van der Waals surface area (Å²) in [5.74, 6) is -0.243. The molecule has 4 rings (SSSR count). The minimum absolute atomic E-state index is 0.0106. The fourth-order valence-corrected chi connectivity index (χ4v) is 3.80. The van der Waals surface area contributed by atoms with Gasteiger partial charge in [-0.15, -0.1) is 0 Å². The molecule has 0 unspecified atom stereocenters. The van der Waals surface area contributed by atoms with E-state index in [0.717, 1.165) is 16.9 Å². The summed E-state index contributed by atoms with van der Waals surface area (Å²) >= 11 is 1.08. The molecule has 0 aliphatic rings. The van der Waals surface area contributed by atoms with E-state index in [-0.39, 0.29) is 40.4 Å². The molecule has 0 spiro atoms. The molecule has 0 aliphatic heterocycles. The molecule has 0 bridgehead atoms. The second kappa shape index (κ2) is 9.20. The molecule has 2 aromatic carbocycles. The van der Waals surface area contributed by atoms with Crippen LogP contribution >= 0.6 is 11.3 Å². The molecule has 0 atom stereocenters. The zero-order valence-corrected chi connectivity index (χ0v) is 17.7. The Hall–Kier alpha value is -4.06. The smallest absolute Gasteiger partial charge is 0.387 e. The number of nitrogens with zero attached hydrogens (tertiary/aromatic N) is 2. The average Bonchev–Trinajstić information content (AvgIpc) is 3.38. The van der Waals surface area contributed by atoms with E-state index in [0.29, 0.717) is 10.2 Å². The molecule has 170 valence electrons. The molecule has 0 saturated heterocycles. The first-order valence-electron chi connectivity index (χ1n) is 9.42. The summed E-state index contributed by atoms with van der Waals surface area (Å²) in [5.41, 5.74) is 1.06. The molecule has 33 heavy (non-hydrogen) atoms. The molecule has 4 aromatic rings. The predicted molar refractivity (Wildman–Crippen MR) is 115 cm³/mol. The van der Waals surface area contributed by atoms with Crippen molar-refractivity contribution in [3.8, 4) is 11.5 Å². The van der Waals surface area contributed by atoms with Gasteiger partial charge in [-0.05, 0) is 48.9 Å². The predicted octanol–water partition coefficient (Wildman–Crippen LogP) is 5.54. The van der Waals surface area contributed by atoms with Gasteiger partial charge in [0.25, 0.3) is 5.91 Å². The van der Waals surface area contributed by atoms with Crippen LogP contribution in [0.5, 0.6) is 11.5 Å². The normalized spacial score (nSPS) is 11.0. The number of ether oxygens (including phenoxy) is 2. The maximum atomic E-state index is 12.5. The SMILES string of the molecule is Cc1ccc(OCc2ccc(C(=O)Nc3nc4ccc(OC(F)F)cc4s3)o2)c([N+](=O)[O-])c1. The maximum absolute atomic E-state index is 12.5. The van der Waals surface area contributed by atoms with Gasteiger partial charge >= 0.3 is 12.3 Å². The Labute approximate surface area is 188 Å². The molecule has 9 nitrogen and oxygen atoms in total. The number of carbonyl (C=O) groups is 1. The number of hydrogen-bond donors (Lipinski definition) is 1. The van der Waals surface area contributed by atoms with Crippen LogP contribution in [0.1, 0.15) is 21.9 Å². The molecule has 2 aromatic heterocycles. The minimum Gasteiger partial charge on any atom is -0.479 e. The number of hydrogen-bond acceptors (Lipinski definition) is 8. The van der Waals surface area contributed by atoms with Crippen molar-refractivity contribution < 1.29 is 32.4 Å². The summed E-state index contributed by atoms with van der Waals surface area (Å²) in [6.07, 6.45) is 0. The van der Waals surface area contributed by atoms with Gasteiger partial charge in [0, 0.05) is 6.07 Å². The topological polar surface area (TPSA) is 117 Å². The number of carbonyl (C=O) groups excluding carboxylic acids is 1. The second-order valence-electron chi connectivity index (χ2n) is 6.76. The van der Waals surface area contributed by atoms with Gasteiger partial charge in [0.2, 0.25) is 0 Å². The number of nitro groups is 1. The highest BCUT2D eigenvalue weighted by Crippen LogP contribution is 2.31. The van der Waals surface area contributed by atoms with E-state index < -0.39 is 17.4 Å². The van der Waals surface area contributed by atoms with Gasteiger partial charge in [0.1, 0.15) is 18.1 Å². The summed E-state index contributed by atoms with van der Waals surface area (Å²) in [5, 5.41) is 14.0. The zero-order chi connectivity index (χ0) is 23.5. The number of amides is 1. The van der Waals surface area contributed by atoms with Crippen molar-refractivity contribution in [3.05, 3.63) is 75.7 Å². The van der Waals surface area contributed by atoms with Crippen molar-refractivity contribution in [2.45, 2.75) is 20.1 Å². The number of thiazole rings is 1. The van der Waals surface area contributed by atoms with Crippen LogP contribution in [0.15, 0.2) is 52.9 Å². The van der Waals surface area contributed by atoms with Crippen LogP contribution < -0.4 is 14.8 Å². The lowest BCUT2D eigenvalue weighted by molar-refractivity contribution is -0.386.